The van der Waals surface area contributed by atoms with Crippen molar-refractivity contribution in [3.8, 4) is 5.75 Å². The van der Waals surface area contributed by atoms with Gasteiger partial charge in [0.05, 0.1) is 7.11 Å². The third-order valence-electron chi connectivity index (χ3n) is 2.35. The van der Waals surface area contributed by atoms with Crippen LogP contribution < -0.4 is 10.5 Å². The third kappa shape index (κ3) is 3.14. The number of hydrogen-bond donors (Lipinski definition) is 1. The van der Waals surface area contributed by atoms with Crippen LogP contribution in [0.2, 0.25) is 0 Å². The van der Waals surface area contributed by atoms with Crippen LogP contribution in [0, 0.1) is 0 Å². The molecule has 2 rings (SSSR count). The van der Waals surface area contributed by atoms with E-state index in [9.17, 15) is 0 Å². The van der Waals surface area contributed by atoms with E-state index in [-0.39, 0.29) is 0 Å². The van der Waals surface area contributed by atoms with Crippen LogP contribution in [0.5, 0.6) is 5.75 Å². The van der Waals surface area contributed by atoms with E-state index in [1.807, 2.05) is 30.3 Å². The quantitative estimate of drug-likeness (QED) is 0.665. The van der Waals surface area contributed by atoms with Gasteiger partial charge in [-0.25, -0.2) is 0 Å². The highest BCUT2D eigenvalue weighted by atomic mass is 32.2. The fourth-order valence-corrected chi connectivity index (χ4v) is 2.37. The zero-order chi connectivity index (χ0) is 12.1. The van der Waals surface area contributed by atoms with Crippen LogP contribution in [-0.2, 0) is 5.75 Å². The molecule has 2 N–H and O–H groups in total. The van der Waals surface area contributed by atoms with Crippen molar-refractivity contribution in [3.05, 3.63) is 48.3 Å². The minimum atomic E-state index is 0.760. The number of thioether (sulfide) groups is 1. The number of rotatable bonds is 4. The molecule has 0 aliphatic rings. The zero-order valence-electron chi connectivity index (χ0n) is 9.59. The van der Waals surface area contributed by atoms with E-state index in [0.717, 1.165) is 22.8 Å². The lowest BCUT2D eigenvalue weighted by Gasteiger charge is -2.09. The topological polar surface area (TPSA) is 48.1 Å². The lowest BCUT2D eigenvalue weighted by molar-refractivity contribution is 0.411. The maximum absolute atomic E-state index is 5.78. The van der Waals surface area contributed by atoms with Crippen molar-refractivity contribution in [2.45, 2.75) is 10.6 Å². The number of benzene rings is 1. The van der Waals surface area contributed by atoms with E-state index in [0.29, 0.717) is 0 Å². The maximum Gasteiger partial charge on any atom is 0.123 e. The fourth-order valence-electron chi connectivity index (χ4n) is 1.51. The largest absolute Gasteiger partial charge is 0.496 e. The number of methoxy groups -OCH3 is 1. The number of pyridine rings is 1. The van der Waals surface area contributed by atoms with Crippen LogP contribution >= 0.6 is 11.8 Å². The van der Waals surface area contributed by atoms with Gasteiger partial charge < -0.3 is 10.5 Å². The molecule has 0 bridgehead atoms. The molecule has 0 saturated heterocycles. The normalized spacial score (nSPS) is 10.2. The first kappa shape index (κ1) is 11.8. The Bertz CT molecular complexity index is 488. The Hall–Kier alpha value is -1.68. The molecule has 0 fully saturated rings. The van der Waals surface area contributed by atoms with Gasteiger partial charge >= 0.3 is 0 Å². The molecule has 0 aliphatic heterocycles. The van der Waals surface area contributed by atoms with Crippen molar-refractivity contribution in [2.24, 2.45) is 0 Å². The SMILES string of the molecule is COc1ccc(N)cc1CSc1ccncc1. The molecule has 1 aromatic heterocycles. The number of aromatic nitrogens is 1. The average molecular weight is 246 g/mol. The van der Waals surface area contributed by atoms with Gasteiger partial charge in [-0.1, -0.05) is 0 Å². The molecule has 3 nitrogen and oxygen atoms in total. The molecule has 0 aliphatic carbocycles. The van der Waals surface area contributed by atoms with Crippen LogP contribution in [0.1, 0.15) is 5.56 Å². The van der Waals surface area contributed by atoms with Gasteiger partial charge in [0.25, 0.3) is 0 Å². The first-order chi connectivity index (χ1) is 8.29. The Morgan fingerprint density at radius 1 is 1.24 bits per heavy atom. The summed E-state index contributed by atoms with van der Waals surface area (Å²) in [5.74, 6) is 1.71. The molecule has 1 aromatic carbocycles. The molecule has 1 heterocycles. The van der Waals surface area contributed by atoms with Crippen molar-refractivity contribution in [2.75, 3.05) is 12.8 Å². The first-order valence-electron chi connectivity index (χ1n) is 5.25. The van der Waals surface area contributed by atoms with Gasteiger partial charge in [-0.05, 0) is 30.3 Å². The van der Waals surface area contributed by atoms with Crippen molar-refractivity contribution < 1.29 is 4.74 Å². The van der Waals surface area contributed by atoms with Crippen LogP contribution in [0.15, 0.2) is 47.6 Å². The Morgan fingerprint density at radius 3 is 2.71 bits per heavy atom. The number of ether oxygens (including phenoxy) is 1. The van der Waals surface area contributed by atoms with E-state index in [1.54, 1.807) is 31.3 Å². The molecule has 0 unspecified atom stereocenters. The minimum absolute atomic E-state index is 0.760. The van der Waals surface area contributed by atoms with Crippen molar-refractivity contribution in [1.29, 1.82) is 0 Å². The zero-order valence-corrected chi connectivity index (χ0v) is 10.4. The molecular formula is C13H14N2OS. The predicted molar refractivity (Wildman–Crippen MR) is 71.2 cm³/mol. The standard InChI is InChI=1S/C13H14N2OS/c1-16-13-3-2-11(14)8-10(13)9-17-12-4-6-15-7-5-12/h2-8H,9,14H2,1H3. The lowest BCUT2D eigenvalue weighted by Crippen LogP contribution is -1.93. The van der Waals surface area contributed by atoms with Crippen molar-refractivity contribution >= 4 is 17.4 Å². The van der Waals surface area contributed by atoms with Crippen LogP contribution in [0.4, 0.5) is 5.69 Å². The molecule has 4 heteroatoms. The summed E-state index contributed by atoms with van der Waals surface area (Å²) in [7, 11) is 1.67. The summed E-state index contributed by atoms with van der Waals surface area (Å²) in [6.45, 7) is 0. The summed E-state index contributed by atoms with van der Waals surface area (Å²) in [6.07, 6.45) is 3.58. The van der Waals surface area contributed by atoms with Crippen LogP contribution in [0.25, 0.3) is 0 Å². The monoisotopic (exact) mass is 246 g/mol. The highest BCUT2D eigenvalue weighted by molar-refractivity contribution is 7.98. The average Bonchev–Trinajstić information content (AvgIpc) is 2.38. The van der Waals surface area contributed by atoms with Gasteiger partial charge in [0.15, 0.2) is 0 Å². The molecule has 2 aromatic rings. The third-order valence-corrected chi connectivity index (χ3v) is 3.41. The summed E-state index contributed by atoms with van der Waals surface area (Å²) >= 11 is 1.74. The Kier molecular flexibility index (Phi) is 3.88. The predicted octanol–water partition coefficient (Wildman–Crippen LogP) is 2.96. The van der Waals surface area contributed by atoms with Crippen molar-refractivity contribution in [1.82, 2.24) is 4.98 Å². The van der Waals surface area contributed by atoms with Crippen LogP contribution in [-0.4, -0.2) is 12.1 Å². The summed E-state index contributed by atoms with van der Waals surface area (Å²) < 4.78 is 5.31. The second-order valence-corrected chi connectivity index (χ2v) is 4.59. The van der Waals surface area contributed by atoms with Gasteiger partial charge in [0, 0.05) is 34.3 Å². The molecule has 88 valence electrons. The van der Waals surface area contributed by atoms with Gasteiger partial charge in [0.1, 0.15) is 5.75 Å². The number of hydrogen-bond acceptors (Lipinski definition) is 4. The molecule has 0 radical (unpaired) electrons. The second-order valence-electron chi connectivity index (χ2n) is 3.54. The number of anilines is 1. The lowest BCUT2D eigenvalue weighted by atomic mass is 10.2. The van der Waals surface area contributed by atoms with E-state index in [1.165, 1.54) is 4.90 Å². The van der Waals surface area contributed by atoms with Gasteiger partial charge in [-0.15, -0.1) is 11.8 Å². The first-order valence-corrected chi connectivity index (χ1v) is 6.23. The summed E-state index contributed by atoms with van der Waals surface area (Å²) in [4.78, 5) is 5.17. The van der Waals surface area contributed by atoms with Gasteiger partial charge in [-0.2, -0.15) is 0 Å². The molecule has 17 heavy (non-hydrogen) atoms. The number of nitrogens with zero attached hydrogens (tertiary/aromatic N) is 1. The summed E-state index contributed by atoms with van der Waals surface area (Å²) in [6, 6.07) is 9.68. The van der Waals surface area contributed by atoms with E-state index in [2.05, 4.69) is 4.98 Å². The molecule has 0 amide bonds. The number of nitrogen functional groups attached to an aromatic ring is 1. The Labute approximate surface area is 105 Å². The molecule has 0 atom stereocenters. The van der Waals surface area contributed by atoms with Gasteiger partial charge in [0.2, 0.25) is 0 Å². The summed E-state index contributed by atoms with van der Waals surface area (Å²) in [5, 5.41) is 0. The minimum Gasteiger partial charge on any atom is -0.496 e. The van der Waals surface area contributed by atoms with Crippen LogP contribution in [0.3, 0.4) is 0 Å². The Morgan fingerprint density at radius 2 is 2.00 bits per heavy atom. The highest BCUT2D eigenvalue weighted by Gasteiger charge is 2.04. The van der Waals surface area contributed by atoms with E-state index in [4.69, 9.17) is 10.5 Å². The Balaban J connectivity index is 2.11. The van der Waals surface area contributed by atoms with E-state index < -0.39 is 0 Å². The maximum atomic E-state index is 5.78. The molecular weight excluding hydrogens is 232 g/mol. The fraction of sp³-hybridized carbons (Fsp3) is 0.154. The van der Waals surface area contributed by atoms with E-state index >= 15 is 0 Å². The number of nitrogens with two attached hydrogens (primary N) is 1. The smallest absolute Gasteiger partial charge is 0.123 e. The summed E-state index contributed by atoms with van der Waals surface area (Å²) in [5.41, 5.74) is 7.64. The highest BCUT2D eigenvalue weighted by Crippen LogP contribution is 2.28. The second kappa shape index (κ2) is 5.59. The molecule has 0 saturated carbocycles. The van der Waals surface area contributed by atoms with Crippen molar-refractivity contribution in [3.63, 3.8) is 0 Å². The van der Waals surface area contributed by atoms with Gasteiger partial charge in [-0.3, -0.25) is 4.98 Å². The molecule has 0 spiro atoms.